The van der Waals surface area contributed by atoms with Gasteiger partial charge in [-0.1, -0.05) is 56.3 Å². The van der Waals surface area contributed by atoms with E-state index in [-0.39, 0.29) is 18.2 Å². The molecule has 2 heterocycles. The third kappa shape index (κ3) is 5.71. The molecule has 0 spiro atoms. The van der Waals surface area contributed by atoms with Crippen molar-refractivity contribution in [1.29, 1.82) is 0 Å². The van der Waals surface area contributed by atoms with Crippen LogP contribution in [-0.4, -0.2) is 47.6 Å². The number of carbonyl (C=O) groups is 1. The van der Waals surface area contributed by atoms with Gasteiger partial charge in [-0.3, -0.25) is 9.20 Å². The molecule has 0 radical (unpaired) electrons. The molecular formula is C36H40N6O3. The van der Waals surface area contributed by atoms with Gasteiger partial charge in [-0.05, 0) is 60.4 Å². The standard InChI is InChI=1S/C36H40N6O3/c1-21(2)36-41-33(34-35(37)39-20-29(42(34)36)22-10-13-24(38-3)14-11-22)28-16-12-23(26-8-6-7-9-27(26)28)18-32(43)40-25-15-17-30(44-4)31(19-25)45-5/h6-10,12,15-17,19-21,24,38H,11,13-14,18H2,1-5H3,(H2,37,39)(H,40,43). The molecule has 4 N–H and O–H groups in total. The summed E-state index contributed by atoms with van der Waals surface area (Å²) >= 11 is 0. The molecule has 0 saturated carbocycles. The molecule has 9 nitrogen and oxygen atoms in total. The van der Waals surface area contributed by atoms with Crippen molar-refractivity contribution >= 4 is 39.3 Å². The number of fused-ring (bicyclic) bond motifs is 2. The smallest absolute Gasteiger partial charge is 0.228 e. The molecule has 232 valence electrons. The zero-order valence-corrected chi connectivity index (χ0v) is 26.5. The van der Waals surface area contributed by atoms with Crippen molar-refractivity contribution in [3.05, 3.63) is 84.0 Å². The first-order valence-corrected chi connectivity index (χ1v) is 15.4. The van der Waals surface area contributed by atoms with Gasteiger partial charge in [0, 0.05) is 29.3 Å². The Morgan fingerprint density at radius 1 is 1.07 bits per heavy atom. The highest BCUT2D eigenvalue weighted by atomic mass is 16.5. The predicted molar refractivity (Wildman–Crippen MR) is 181 cm³/mol. The largest absolute Gasteiger partial charge is 0.493 e. The molecule has 6 rings (SSSR count). The van der Waals surface area contributed by atoms with Crippen LogP contribution in [0.3, 0.4) is 0 Å². The van der Waals surface area contributed by atoms with Gasteiger partial charge in [-0.2, -0.15) is 0 Å². The number of rotatable bonds is 9. The maximum Gasteiger partial charge on any atom is 0.228 e. The fourth-order valence-electron chi connectivity index (χ4n) is 6.31. The molecule has 0 fully saturated rings. The number of amides is 1. The van der Waals surface area contributed by atoms with Crippen LogP contribution in [0.25, 0.3) is 33.1 Å². The van der Waals surface area contributed by atoms with Crippen LogP contribution < -0.4 is 25.8 Å². The lowest BCUT2D eigenvalue weighted by atomic mass is 9.93. The highest BCUT2D eigenvalue weighted by Crippen LogP contribution is 2.39. The lowest BCUT2D eigenvalue weighted by Crippen LogP contribution is -2.26. The Labute approximate surface area is 263 Å². The molecule has 0 bridgehead atoms. The number of ether oxygens (including phenoxy) is 2. The maximum absolute atomic E-state index is 13.2. The van der Waals surface area contributed by atoms with Crippen LogP contribution in [0.4, 0.5) is 11.5 Å². The lowest BCUT2D eigenvalue weighted by molar-refractivity contribution is -0.115. The second kappa shape index (κ2) is 12.6. The summed E-state index contributed by atoms with van der Waals surface area (Å²) in [7, 11) is 5.17. The van der Waals surface area contributed by atoms with E-state index in [0.717, 1.165) is 63.9 Å². The highest BCUT2D eigenvalue weighted by molar-refractivity contribution is 6.04. The molecular weight excluding hydrogens is 564 g/mol. The summed E-state index contributed by atoms with van der Waals surface area (Å²) in [6.07, 6.45) is 7.41. The number of nitrogens with one attached hydrogen (secondary N) is 2. The number of anilines is 2. The Bertz CT molecular complexity index is 1930. The number of aromatic nitrogens is 3. The van der Waals surface area contributed by atoms with Gasteiger partial charge in [0.2, 0.25) is 5.91 Å². The summed E-state index contributed by atoms with van der Waals surface area (Å²) in [6.45, 7) is 4.31. The van der Waals surface area contributed by atoms with Crippen LogP contribution in [0.1, 0.15) is 56.1 Å². The quantitative estimate of drug-likeness (QED) is 0.173. The monoisotopic (exact) mass is 604 g/mol. The van der Waals surface area contributed by atoms with Crippen LogP contribution in [0, 0.1) is 0 Å². The number of nitrogen functional groups attached to an aromatic ring is 1. The Morgan fingerprint density at radius 2 is 1.84 bits per heavy atom. The molecule has 45 heavy (non-hydrogen) atoms. The maximum atomic E-state index is 13.2. The van der Waals surface area contributed by atoms with Crippen molar-refractivity contribution in [3.63, 3.8) is 0 Å². The number of allylic oxidation sites excluding steroid dienone is 1. The minimum atomic E-state index is -0.131. The van der Waals surface area contributed by atoms with Gasteiger partial charge in [0.1, 0.15) is 22.9 Å². The van der Waals surface area contributed by atoms with Crippen molar-refractivity contribution in [1.82, 2.24) is 19.7 Å². The van der Waals surface area contributed by atoms with E-state index in [9.17, 15) is 4.79 Å². The average Bonchev–Trinajstić information content (AvgIpc) is 3.47. The summed E-state index contributed by atoms with van der Waals surface area (Å²) in [5.41, 5.74) is 13.1. The van der Waals surface area contributed by atoms with E-state index >= 15 is 0 Å². The summed E-state index contributed by atoms with van der Waals surface area (Å²) in [4.78, 5) is 23.1. The summed E-state index contributed by atoms with van der Waals surface area (Å²) in [6, 6.07) is 18.0. The van der Waals surface area contributed by atoms with Crippen LogP contribution in [-0.2, 0) is 11.2 Å². The molecule has 1 atom stereocenters. The van der Waals surface area contributed by atoms with Gasteiger partial charge in [0.15, 0.2) is 11.5 Å². The molecule has 0 saturated heterocycles. The van der Waals surface area contributed by atoms with Crippen LogP contribution in [0.2, 0.25) is 0 Å². The normalized spacial score (nSPS) is 15.0. The Balaban J connectivity index is 1.41. The van der Waals surface area contributed by atoms with Crippen molar-refractivity contribution in [3.8, 4) is 22.8 Å². The molecule has 1 aliphatic rings. The van der Waals surface area contributed by atoms with E-state index in [1.54, 1.807) is 32.4 Å². The number of nitrogens with zero attached hydrogens (tertiary/aromatic N) is 3. The fourth-order valence-corrected chi connectivity index (χ4v) is 6.31. The van der Waals surface area contributed by atoms with E-state index in [1.165, 1.54) is 5.57 Å². The van der Waals surface area contributed by atoms with Gasteiger partial charge in [-0.25, -0.2) is 9.97 Å². The van der Waals surface area contributed by atoms with E-state index in [4.69, 9.17) is 20.2 Å². The topological polar surface area (TPSA) is 116 Å². The molecule has 0 aliphatic heterocycles. The zero-order valence-electron chi connectivity index (χ0n) is 26.5. The van der Waals surface area contributed by atoms with E-state index in [0.29, 0.717) is 29.0 Å². The van der Waals surface area contributed by atoms with Crippen molar-refractivity contribution in [2.24, 2.45) is 0 Å². The number of hydrogen-bond donors (Lipinski definition) is 3. The first kappa shape index (κ1) is 30.1. The van der Waals surface area contributed by atoms with E-state index in [2.05, 4.69) is 58.1 Å². The molecule has 5 aromatic rings. The van der Waals surface area contributed by atoms with Crippen molar-refractivity contribution < 1.29 is 14.3 Å². The molecule has 2 aromatic heterocycles. The lowest BCUT2D eigenvalue weighted by Gasteiger charge is -2.22. The summed E-state index contributed by atoms with van der Waals surface area (Å²) in [5, 5.41) is 8.38. The molecule has 3 aromatic carbocycles. The van der Waals surface area contributed by atoms with Gasteiger partial charge < -0.3 is 25.8 Å². The number of nitrogens with two attached hydrogens (primary N) is 1. The second-order valence-corrected chi connectivity index (χ2v) is 11.8. The van der Waals surface area contributed by atoms with E-state index in [1.807, 2.05) is 31.4 Å². The average molecular weight is 605 g/mol. The molecule has 1 aliphatic carbocycles. The first-order valence-electron chi connectivity index (χ1n) is 15.4. The summed E-state index contributed by atoms with van der Waals surface area (Å²) in [5.74, 6) is 2.58. The van der Waals surface area contributed by atoms with Gasteiger partial charge in [0.25, 0.3) is 0 Å². The number of carbonyl (C=O) groups excluding carboxylic acids is 1. The molecule has 9 heteroatoms. The van der Waals surface area contributed by atoms with Crippen LogP contribution in [0.5, 0.6) is 11.5 Å². The van der Waals surface area contributed by atoms with Gasteiger partial charge in [-0.15, -0.1) is 0 Å². The molecule has 1 amide bonds. The first-order chi connectivity index (χ1) is 21.8. The number of methoxy groups -OCH3 is 2. The fraction of sp³-hybridized carbons (Fsp3) is 0.306. The predicted octanol–water partition coefficient (Wildman–Crippen LogP) is 6.61. The van der Waals surface area contributed by atoms with E-state index < -0.39 is 0 Å². The minimum absolute atomic E-state index is 0.131. The third-order valence-electron chi connectivity index (χ3n) is 8.67. The minimum Gasteiger partial charge on any atom is -0.493 e. The molecule has 1 unspecified atom stereocenters. The van der Waals surface area contributed by atoms with Crippen molar-refractivity contribution in [2.75, 3.05) is 32.3 Å². The zero-order chi connectivity index (χ0) is 31.7. The number of imidazole rings is 1. The van der Waals surface area contributed by atoms with Crippen LogP contribution in [0.15, 0.2) is 66.9 Å². The summed E-state index contributed by atoms with van der Waals surface area (Å²) < 4.78 is 12.9. The van der Waals surface area contributed by atoms with Crippen LogP contribution >= 0.6 is 0 Å². The second-order valence-electron chi connectivity index (χ2n) is 11.8. The highest BCUT2D eigenvalue weighted by Gasteiger charge is 2.25. The number of hydrogen-bond acceptors (Lipinski definition) is 7. The Kier molecular flexibility index (Phi) is 8.45. The Hall–Kier alpha value is -4.89. The SMILES string of the molecule is CNC1CC=C(c2cnc(N)c3c(-c4ccc(CC(=O)Nc5ccc(OC)c(OC)c5)c5ccccc45)nc(C(C)C)n23)CC1. The number of benzene rings is 3. The Morgan fingerprint density at radius 3 is 2.53 bits per heavy atom. The third-order valence-corrected chi connectivity index (χ3v) is 8.67. The van der Waals surface area contributed by atoms with Crippen molar-refractivity contribution in [2.45, 2.75) is 51.5 Å². The van der Waals surface area contributed by atoms with Gasteiger partial charge >= 0.3 is 0 Å². The van der Waals surface area contributed by atoms with Gasteiger partial charge in [0.05, 0.1) is 32.5 Å².